The third-order valence-electron chi connectivity index (χ3n) is 3.63. The van der Waals surface area contributed by atoms with Crippen LogP contribution in [0.5, 0.6) is 0 Å². The number of nitrogens with one attached hydrogen (secondary N) is 2. The predicted molar refractivity (Wildman–Crippen MR) is 92.0 cm³/mol. The summed E-state index contributed by atoms with van der Waals surface area (Å²) in [5.74, 6) is 0.0769. The number of H-pyrrole nitrogens is 1. The average molecular weight is 309 g/mol. The molecular weight excluding hydrogens is 278 g/mol. The highest BCUT2D eigenvalue weighted by molar-refractivity contribution is 6.01. The molecule has 0 aliphatic rings. The largest absolute Gasteiger partial charge is 0.356 e. The number of carbonyl (C=O) groups excluding carboxylic acids is 2. The number of aldehydes is 1. The number of ketones is 1. The van der Waals surface area contributed by atoms with Crippen LogP contribution >= 0.6 is 0 Å². The lowest BCUT2D eigenvalue weighted by Gasteiger charge is -2.16. The van der Waals surface area contributed by atoms with Gasteiger partial charge in [0.15, 0.2) is 12.1 Å². The van der Waals surface area contributed by atoms with Crippen LogP contribution in [0.2, 0.25) is 0 Å². The Bertz CT molecular complexity index is 461. The molecule has 0 fully saturated rings. The van der Waals surface area contributed by atoms with Gasteiger partial charge >= 0.3 is 0 Å². The zero-order chi connectivity index (χ0) is 17.1. The molecule has 1 aromatic rings. The molecule has 22 heavy (non-hydrogen) atoms. The molecule has 0 radical (unpaired) electrons. The third kappa shape index (κ3) is 6.12. The summed E-state index contributed by atoms with van der Waals surface area (Å²) in [6, 6.07) is 0. The van der Waals surface area contributed by atoms with Gasteiger partial charge in [-0.25, -0.2) is 0 Å². The molecule has 0 aliphatic carbocycles. The van der Waals surface area contributed by atoms with Gasteiger partial charge < -0.3 is 10.3 Å². The van der Waals surface area contributed by atoms with Gasteiger partial charge in [0.2, 0.25) is 0 Å². The van der Waals surface area contributed by atoms with E-state index in [0.717, 1.165) is 43.7 Å². The Labute approximate surface area is 134 Å². The number of hydrogen-bond acceptors (Lipinski definition) is 4. The van der Waals surface area contributed by atoms with Gasteiger partial charge in [0.25, 0.3) is 0 Å². The second-order valence-corrected chi connectivity index (χ2v) is 5.12. The van der Waals surface area contributed by atoms with Crippen molar-refractivity contribution in [2.24, 2.45) is 0 Å². The first kappa shape index (κ1) is 20.5. The number of aromatic nitrogens is 1. The second kappa shape index (κ2) is 11.2. The van der Waals surface area contributed by atoms with Crippen LogP contribution in [0.3, 0.4) is 0 Å². The number of aryl methyl sites for hydroxylation is 1. The van der Waals surface area contributed by atoms with Crippen LogP contribution in [-0.4, -0.2) is 54.7 Å². The summed E-state index contributed by atoms with van der Waals surface area (Å²) >= 11 is 0. The van der Waals surface area contributed by atoms with Gasteiger partial charge in [-0.1, -0.05) is 27.7 Å². The lowest BCUT2D eigenvalue weighted by molar-refractivity contribution is 0.0936. The minimum Gasteiger partial charge on any atom is -0.356 e. The molecule has 0 unspecified atom stereocenters. The number of carbonyl (C=O) groups is 2. The predicted octanol–water partition coefficient (Wildman–Crippen LogP) is 2.58. The molecule has 1 heterocycles. The molecule has 126 valence electrons. The van der Waals surface area contributed by atoms with Crippen LogP contribution in [0.4, 0.5) is 0 Å². The second-order valence-electron chi connectivity index (χ2n) is 5.12. The van der Waals surface area contributed by atoms with Crippen LogP contribution in [0.1, 0.15) is 59.8 Å². The molecule has 2 N–H and O–H groups in total. The monoisotopic (exact) mass is 309 g/mol. The lowest BCUT2D eigenvalue weighted by Crippen LogP contribution is -2.29. The van der Waals surface area contributed by atoms with E-state index in [2.05, 4.69) is 29.0 Å². The molecule has 1 aromatic heterocycles. The maximum absolute atomic E-state index is 12.2. The maximum Gasteiger partial charge on any atom is 0.178 e. The summed E-state index contributed by atoms with van der Waals surface area (Å²) in [5.41, 5.74) is 2.71. The quantitative estimate of drug-likeness (QED) is 0.572. The van der Waals surface area contributed by atoms with E-state index in [9.17, 15) is 9.59 Å². The topological polar surface area (TPSA) is 65.2 Å². The molecule has 5 nitrogen and oxygen atoms in total. The minimum atomic E-state index is 0.0769. The zero-order valence-corrected chi connectivity index (χ0v) is 14.9. The molecule has 0 spiro atoms. The van der Waals surface area contributed by atoms with Crippen molar-refractivity contribution in [2.45, 2.75) is 41.5 Å². The highest BCUT2D eigenvalue weighted by Gasteiger charge is 2.19. The van der Waals surface area contributed by atoms with Crippen molar-refractivity contribution in [1.29, 1.82) is 0 Å². The highest BCUT2D eigenvalue weighted by Crippen LogP contribution is 2.17. The summed E-state index contributed by atoms with van der Waals surface area (Å²) in [7, 11) is 0. The van der Waals surface area contributed by atoms with E-state index >= 15 is 0 Å². The Morgan fingerprint density at radius 3 is 2.00 bits per heavy atom. The lowest BCUT2D eigenvalue weighted by atomic mass is 10.1. The fourth-order valence-electron chi connectivity index (χ4n) is 2.29. The van der Waals surface area contributed by atoms with Crippen molar-refractivity contribution in [3.8, 4) is 0 Å². The summed E-state index contributed by atoms with van der Waals surface area (Å²) < 4.78 is 0. The van der Waals surface area contributed by atoms with Gasteiger partial charge in [0.1, 0.15) is 0 Å². The summed E-state index contributed by atoms with van der Waals surface area (Å²) in [6.45, 7) is 16.2. The SMILES string of the molecule is CCN(CC)CC(=O)c1c(C)[nH]c(C=O)c1C.CCNCC. The molecule has 0 saturated heterocycles. The van der Waals surface area contributed by atoms with Crippen LogP contribution in [0, 0.1) is 13.8 Å². The molecule has 0 amide bonds. The molecule has 0 aromatic carbocycles. The van der Waals surface area contributed by atoms with Gasteiger partial charge in [-0.2, -0.15) is 0 Å². The van der Waals surface area contributed by atoms with Crippen molar-refractivity contribution >= 4 is 12.1 Å². The van der Waals surface area contributed by atoms with Crippen molar-refractivity contribution < 1.29 is 9.59 Å². The van der Waals surface area contributed by atoms with E-state index in [1.54, 1.807) is 0 Å². The van der Waals surface area contributed by atoms with Crippen molar-refractivity contribution in [1.82, 2.24) is 15.2 Å². The molecule has 5 heteroatoms. The molecular formula is C17H31N3O2. The van der Waals surface area contributed by atoms with E-state index in [4.69, 9.17) is 0 Å². The number of rotatable bonds is 8. The van der Waals surface area contributed by atoms with E-state index in [1.807, 2.05) is 27.7 Å². The van der Waals surface area contributed by atoms with Crippen molar-refractivity contribution in [3.05, 3.63) is 22.5 Å². The Kier molecular flexibility index (Phi) is 10.4. The first-order chi connectivity index (χ1) is 10.5. The number of Topliss-reactive ketones (excluding diaryl/α,β-unsaturated/α-hetero) is 1. The Morgan fingerprint density at radius 2 is 1.68 bits per heavy atom. The van der Waals surface area contributed by atoms with Gasteiger partial charge in [-0.05, 0) is 45.6 Å². The summed E-state index contributed by atoms with van der Waals surface area (Å²) in [5, 5.41) is 3.11. The smallest absolute Gasteiger partial charge is 0.178 e. The zero-order valence-electron chi connectivity index (χ0n) is 14.9. The van der Waals surface area contributed by atoms with E-state index in [1.165, 1.54) is 0 Å². The van der Waals surface area contributed by atoms with Crippen LogP contribution in [-0.2, 0) is 0 Å². The van der Waals surface area contributed by atoms with Gasteiger partial charge in [0.05, 0.1) is 12.2 Å². The Hall–Kier alpha value is -1.46. The van der Waals surface area contributed by atoms with Gasteiger partial charge in [-0.15, -0.1) is 0 Å². The summed E-state index contributed by atoms with van der Waals surface area (Å²) in [4.78, 5) is 28.0. The third-order valence-corrected chi connectivity index (χ3v) is 3.63. The molecule has 0 aliphatic heterocycles. The van der Waals surface area contributed by atoms with E-state index in [0.29, 0.717) is 17.8 Å². The first-order valence-corrected chi connectivity index (χ1v) is 8.07. The van der Waals surface area contributed by atoms with Crippen molar-refractivity contribution in [3.63, 3.8) is 0 Å². The Morgan fingerprint density at radius 1 is 1.14 bits per heavy atom. The number of aromatic amines is 1. The normalized spacial score (nSPS) is 10.3. The van der Waals surface area contributed by atoms with Crippen LogP contribution in [0.15, 0.2) is 0 Å². The van der Waals surface area contributed by atoms with Gasteiger partial charge in [0, 0.05) is 11.3 Å². The van der Waals surface area contributed by atoms with Crippen LogP contribution < -0.4 is 5.32 Å². The Balaban J connectivity index is 0.000000763. The fraction of sp³-hybridized carbons (Fsp3) is 0.647. The molecule has 1 rings (SSSR count). The number of nitrogens with zero attached hydrogens (tertiary/aromatic N) is 1. The fourth-order valence-corrected chi connectivity index (χ4v) is 2.29. The summed E-state index contributed by atoms with van der Waals surface area (Å²) in [6.07, 6.45) is 0.760. The first-order valence-electron chi connectivity index (χ1n) is 8.07. The van der Waals surface area contributed by atoms with E-state index in [-0.39, 0.29) is 5.78 Å². The number of likely N-dealkylation sites (N-methyl/N-ethyl adjacent to an activating group) is 1. The van der Waals surface area contributed by atoms with Crippen molar-refractivity contribution in [2.75, 3.05) is 32.7 Å². The molecule has 0 atom stereocenters. The van der Waals surface area contributed by atoms with Gasteiger partial charge in [-0.3, -0.25) is 14.5 Å². The van der Waals surface area contributed by atoms with E-state index < -0.39 is 0 Å². The average Bonchev–Trinajstić information content (AvgIpc) is 2.80. The minimum absolute atomic E-state index is 0.0769. The number of hydrogen-bond donors (Lipinski definition) is 2. The highest BCUT2D eigenvalue weighted by atomic mass is 16.1. The maximum atomic E-state index is 12.2. The van der Waals surface area contributed by atoms with Crippen LogP contribution in [0.25, 0.3) is 0 Å². The standard InChI is InChI=1S/C13H20N2O2.C4H11N/c1-5-15(6-2)7-12(17)13-9(3)11(8-16)14-10(13)4;1-3-5-4-2/h8,14H,5-7H2,1-4H3;5H,3-4H2,1-2H3. The molecule has 0 bridgehead atoms. The molecule has 0 saturated carbocycles.